The Morgan fingerprint density at radius 1 is 1.28 bits per heavy atom. The van der Waals surface area contributed by atoms with Crippen LogP contribution in [-0.2, 0) is 25.7 Å². The number of fused-ring (bicyclic) bond motifs is 1. The summed E-state index contributed by atoms with van der Waals surface area (Å²) in [4.78, 5) is 11.9. The Balaban J connectivity index is 1.62. The van der Waals surface area contributed by atoms with Crippen molar-refractivity contribution < 1.29 is 18.0 Å². The fourth-order valence-corrected chi connectivity index (χ4v) is 3.13. The van der Waals surface area contributed by atoms with E-state index in [1.807, 2.05) is 4.57 Å². The van der Waals surface area contributed by atoms with Crippen LogP contribution < -0.4 is 10.6 Å². The second-order valence-corrected chi connectivity index (χ2v) is 6.50. The van der Waals surface area contributed by atoms with Crippen molar-refractivity contribution in [3.05, 3.63) is 39.9 Å². The van der Waals surface area contributed by atoms with Gasteiger partial charge in [0.15, 0.2) is 5.82 Å². The van der Waals surface area contributed by atoms with Gasteiger partial charge in [-0.15, -0.1) is 10.2 Å². The topological polar surface area (TPSA) is 71.8 Å². The van der Waals surface area contributed by atoms with E-state index in [2.05, 4.69) is 36.8 Å². The standard InChI is InChI=1S/C15H15BrF3N5O/c16-11-5-4-9(7-10(11)15(17,18)19)21-14(25)20-8-13-23-22-12-3-1-2-6-24(12)13/h4-5,7H,1-3,6,8H2,(H2,20,21,25). The normalized spacial score (nSPS) is 14.1. The summed E-state index contributed by atoms with van der Waals surface area (Å²) in [6.07, 6.45) is -1.55. The van der Waals surface area contributed by atoms with Crippen LogP contribution in [0.3, 0.4) is 0 Å². The zero-order valence-corrected chi connectivity index (χ0v) is 14.6. The van der Waals surface area contributed by atoms with Crippen molar-refractivity contribution in [3.8, 4) is 0 Å². The van der Waals surface area contributed by atoms with E-state index in [0.29, 0.717) is 5.82 Å². The summed E-state index contributed by atoms with van der Waals surface area (Å²) >= 11 is 2.86. The minimum atomic E-state index is -4.51. The fourth-order valence-electron chi connectivity index (χ4n) is 2.65. The Morgan fingerprint density at radius 3 is 2.84 bits per heavy atom. The smallest absolute Gasteiger partial charge is 0.331 e. The molecule has 1 aliphatic heterocycles. The quantitative estimate of drug-likeness (QED) is 0.799. The van der Waals surface area contributed by atoms with Crippen LogP contribution in [0.2, 0.25) is 0 Å². The third-order valence-corrected chi connectivity index (χ3v) is 4.56. The van der Waals surface area contributed by atoms with Crippen LogP contribution in [0.4, 0.5) is 23.7 Å². The number of urea groups is 1. The molecule has 0 fully saturated rings. The van der Waals surface area contributed by atoms with Gasteiger partial charge < -0.3 is 15.2 Å². The molecule has 0 saturated carbocycles. The first-order valence-electron chi connectivity index (χ1n) is 7.67. The number of hydrogen-bond acceptors (Lipinski definition) is 3. The average molecular weight is 418 g/mol. The lowest BCUT2D eigenvalue weighted by Gasteiger charge is -2.15. The van der Waals surface area contributed by atoms with Gasteiger partial charge in [0.2, 0.25) is 0 Å². The second-order valence-electron chi connectivity index (χ2n) is 5.64. The maximum Gasteiger partial charge on any atom is 0.417 e. The van der Waals surface area contributed by atoms with Crippen molar-refractivity contribution in [3.63, 3.8) is 0 Å². The van der Waals surface area contributed by atoms with Crippen LogP contribution in [0, 0.1) is 0 Å². The molecule has 1 aromatic carbocycles. The van der Waals surface area contributed by atoms with E-state index in [4.69, 9.17) is 0 Å². The zero-order chi connectivity index (χ0) is 18.0. The molecule has 6 nitrogen and oxygen atoms in total. The van der Waals surface area contributed by atoms with E-state index in [1.54, 1.807) is 0 Å². The number of aromatic nitrogens is 3. The van der Waals surface area contributed by atoms with Crippen molar-refractivity contribution in [2.45, 2.75) is 38.5 Å². The Labute approximate surface area is 149 Å². The molecule has 2 amide bonds. The molecule has 0 atom stereocenters. The summed E-state index contributed by atoms with van der Waals surface area (Å²) in [6, 6.07) is 2.90. The van der Waals surface area contributed by atoms with E-state index in [9.17, 15) is 18.0 Å². The molecule has 0 radical (unpaired) electrons. The number of anilines is 1. The highest BCUT2D eigenvalue weighted by Gasteiger charge is 2.33. The van der Waals surface area contributed by atoms with Gasteiger partial charge in [0.25, 0.3) is 0 Å². The average Bonchev–Trinajstić information content (AvgIpc) is 2.97. The third kappa shape index (κ3) is 4.12. The molecule has 0 bridgehead atoms. The molecular formula is C15H15BrF3N5O. The lowest BCUT2D eigenvalue weighted by Crippen LogP contribution is -2.30. The lowest BCUT2D eigenvalue weighted by atomic mass is 10.2. The van der Waals surface area contributed by atoms with Crippen LogP contribution in [0.5, 0.6) is 0 Å². The highest BCUT2D eigenvalue weighted by atomic mass is 79.9. The molecule has 1 aliphatic rings. The van der Waals surface area contributed by atoms with E-state index < -0.39 is 17.8 Å². The van der Waals surface area contributed by atoms with Gasteiger partial charge in [0.1, 0.15) is 5.82 Å². The molecule has 10 heteroatoms. The molecule has 3 rings (SSSR count). The Bertz CT molecular complexity index is 790. The number of rotatable bonds is 3. The van der Waals surface area contributed by atoms with Gasteiger partial charge in [-0.25, -0.2) is 4.79 Å². The second kappa shape index (κ2) is 7.03. The molecule has 0 saturated heterocycles. The molecule has 134 valence electrons. The lowest BCUT2D eigenvalue weighted by molar-refractivity contribution is -0.138. The number of nitrogens with zero attached hydrogens (tertiary/aromatic N) is 3. The first-order valence-corrected chi connectivity index (χ1v) is 8.46. The van der Waals surface area contributed by atoms with Gasteiger partial charge in [-0.3, -0.25) is 0 Å². The zero-order valence-electron chi connectivity index (χ0n) is 13.0. The van der Waals surface area contributed by atoms with Gasteiger partial charge in [-0.1, -0.05) is 15.9 Å². The summed E-state index contributed by atoms with van der Waals surface area (Å²) in [7, 11) is 0. The number of halogens is 4. The fraction of sp³-hybridized carbons (Fsp3) is 0.400. The van der Waals surface area contributed by atoms with Gasteiger partial charge in [0.05, 0.1) is 12.1 Å². The summed E-state index contributed by atoms with van der Waals surface area (Å²) in [6.45, 7) is 0.962. The van der Waals surface area contributed by atoms with Crippen molar-refractivity contribution in [1.29, 1.82) is 0 Å². The first-order chi connectivity index (χ1) is 11.8. The summed E-state index contributed by atoms with van der Waals surface area (Å²) in [5, 5.41) is 13.1. The summed E-state index contributed by atoms with van der Waals surface area (Å²) < 4.78 is 40.5. The molecule has 0 spiro atoms. The maximum atomic E-state index is 12.9. The molecule has 1 aromatic heterocycles. The number of amides is 2. The van der Waals surface area contributed by atoms with E-state index in [-0.39, 0.29) is 16.7 Å². The Hall–Kier alpha value is -2.10. The predicted molar refractivity (Wildman–Crippen MR) is 88.0 cm³/mol. The molecule has 0 aliphatic carbocycles. The Morgan fingerprint density at radius 2 is 2.08 bits per heavy atom. The van der Waals surface area contributed by atoms with Gasteiger partial charge in [-0.2, -0.15) is 13.2 Å². The maximum absolute atomic E-state index is 12.9. The summed E-state index contributed by atoms with van der Waals surface area (Å²) in [5.74, 6) is 1.53. The van der Waals surface area contributed by atoms with Crippen LogP contribution in [0.15, 0.2) is 22.7 Å². The number of carbonyl (C=O) groups excluding carboxylic acids is 1. The number of nitrogens with one attached hydrogen (secondary N) is 2. The first kappa shape index (κ1) is 17.7. The number of alkyl halides is 3. The van der Waals surface area contributed by atoms with Crippen molar-refractivity contribution >= 4 is 27.6 Å². The van der Waals surface area contributed by atoms with Crippen LogP contribution in [0.1, 0.15) is 30.1 Å². The van der Waals surface area contributed by atoms with Crippen LogP contribution in [-0.4, -0.2) is 20.8 Å². The molecule has 2 aromatic rings. The van der Waals surface area contributed by atoms with Crippen molar-refractivity contribution in [2.75, 3.05) is 5.32 Å². The van der Waals surface area contributed by atoms with Crippen molar-refractivity contribution in [1.82, 2.24) is 20.1 Å². The third-order valence-electron chi connectivity index (χ3n) is 3.87. The van der Waals surface area contributed by atoms with E-state index >= 15 is 0 Å². The molecule has 2 heterocycles. The van der Waals surface area contributed by atoms with Crippen LogP contribution in [0.25, 0.3) is 0 Å². The number of aryl methyl sites for hydroxylation is 1. The minimum absolute atomic E-state index is 0.0521. The number of carbonyl (C=O) groups is 1. The highest BCUT2D eigenvalue weighted by molar-refractivity contribution is 9.10. The molecule has 2 N–H and O–H groups in total. The molecule has 25 heavy (non-hydrogen) atoms. The van der Waals surface area contributed by atoms with E-state index in [1.165, 1.54) is 12.1 Å². The monoisotopic (exact) mass is 417 g/mol. The van der Waals surface area contributed by atoms with E-state index in [0.717, 1.165) is 37.7 Å². The van der Waals surface area contributed by atoms with Crippen molar-refractivity contribution in [2.24, 2.45) is 0 Å². The summed E-state index contributed by atoms with van der Waals surface area (Å²) in [5.41, 5.74) is -0.798. The predicted octanol–water partition coefficient (Wildman–Crippen LogP) is 3.72. The molecular weight excluding hydrogens is 403 g/mol. The molecule has 0 unspecified atom stereocenters. The van der Waals surface area contributed by atoms with Gasteiger partial charge >= 0.3 is 12.2 Å². The number of benzene rings is 1. The number of hydrogen-bond donors (Lipinski definition) is 2. The minimum Gasteiger partial charge on any atom is -0.331 e. The largest absolute Gasteiger partial charge is 0.417 e. The van der Waals surface area contributed by atoms with Crippen LogP contribution >= 0.6 is 15.9 Å². The Kier molecular flexibility index (Phi) is 4.98. The van der Waals surface area contributed by atoms with Gasteiger partial charge in [0, 0.05) is 23.1 Å². The highest BCUT2D eigenvalue weighted by Crippen LogP contribution is 2.36. The SMILES string of the molecule is O=C(NCc1nnc2n1CCCC2)Nc1ccc(Br)c(C(F)(F)F)c1. The van der Waals surface area contributed by atoms with Gasteiger partial charge in [-0.05, 0) is 31.0 Å².